The summed E-state index contributed by atoms with van der Waals surface area (Å²) in [5.41, 5.74) is 1.09. The van der Waals surface area contributed by atoms with E-state index >= 15 is 0 Å². The monoisotopic (exact) mass is 215 g/mol. The summed E-state index contributed by atoms with van der Waals surface area (Å²) in [4.78, 5) is 0. The Morgan fingerprint density at radius 2 is 2.43 bits per heavy atom. The third-order valence-corrected chi connectivity index (χ3v) is 3.58. The van der Waals surface area contributed by atoms with Crippen LogP contribution in [0.3, 0.4) is 0 Å². The fraction of sp³-hybridized carbons (Fsp3) is 0.818. The first kappa shape index (κ1) is 12.1. The lowest BCUT2D eigenvalue weighted by Gasteiger charge is -2.11. The highest BCUT2D eigenvalue weighted by atomic mass is 32.2. The fourth-order valence-electron chi connectivity index (χ4n) is 1.54. The molecule has 0 aliphatic carbocycles. The number of ether oxygens (including phenoxy) is 1. The Balaban J connectivity index is 1.91. The predicted octanol–water partition coefficient (Wildman–Crippen LogP) is 2.06. The molecule has 0 aromatic carbocycles. The standard InChI is InChI=1S/C11H21NOS/c1-9(2)7-13-5-4-12-11-6-10(3)14-8-11/h10-12H,1,4-8H2,2-3H3. The number of nitrogens with one attached hydrogen (secondary N) is 1. The van der Waals surface area contributed by atoms with E-state index in [4.69, 9.17) is 4.74 Å². The molecule has 82 valence electrons. The Morgan fingerprint density at radius 1 is 1.64 bits per heavy atom. The summed E-state index contributed by atoms with van der Waals surface area (Å²) < 4.78 is 5.41. The van der Waals surface area contributed by atoms with Crippen molar-refractivity contribution in [3.63, 3.8) is 0 Å². The van der Waals surface area contributed by atoms with Crippen molar-refractivity contribution >= 4 is 11.8 Å². The van der Waals surface area contributed by atoms with Crippen molar-refractivity contribution in [1.29, 1.82) is 0 Å². The molecule has 1 fully saturated rings. The van der Waals surface area contributed by atoms with Gasteiger partial charge in [-0.25, -0.2) is 0 Å². The summed E-state index contributed by atoms with van der Waals surface area (Å²) in [5, 5.41) is 4.33. The molecular formula is C11H21NOS. The molecule has 2 nitrogen and oxygen atoms in total. The van der Waals surface area contributed by atoms with Gasteiger partial charge in [0.15, 0.2) is 0 Å². The van der Waals surface area contributed by atoms with Gasteiger partial charge in [0.2, 0.25) is 0 Å². The molecule has 14 heavy (non-hydrogen) atoms. The first-order valence-corrected chi connectivity index (χ1v) is 6.30. The van der Waals surface area contributed by atoms with Crippen LogP contribution >= 0.6 is 11.8 Å². The Labute approximate surface area is 91.5 Å². The van der Waals surface area contributed by atoms with Gasteiger partial charge in [-0.05, 0) is 13.3 Å². The fourth-order valence-corrected chi connectivity index (χ4v) is 2.72. The van der Waals surface area contributed by atoms with Crippen molar-refractivity contribution in [2.75, 3.05) is 25.5 Å². The van der Waals surface area contributed by atoms with Crippen LogP contribution in [0.4, 0.5) is 0 Å². The molecule has 1 heterocycles. The van der Waals surface area contributed by atoms with Gasteiger partial charge in [0.1, 0.15) is 0 Å². The van der Waals surface area contributed by atoms with Gasteiger partial charge in [-0.3, -0.25) is 0 Å². The van der Waals surface area contributed by atoms with Crippen molar-refractivity contribution in [2.24, 2.45) is 0 Å². The van der Waals surface area contributed by atoms with Crippen molar-refractivity contribution in [3.05, 3.63) is 12.2 Å². The zero-order chi connectivity index (χ0) is 10.4. The van der Waals surface area contributed by atoms with Crippen LogP contribution in [0.1, 0.15) is 20.3 Å². The van der Waals surface area contributed by atoms with Gasteiger partial charge in [0.05, 0.1) is 13.2 Å². The zero-order valence-electron chi connectivity index (χ0n) is 9.21. The second-order valence-corrected chi connectivity index (χ2v) is 5.51. The van der Waals surface area contributed by atoms with Gasteiger partial charge in [-0.15, -0.1) is 0 Å². The minimum absolute atomic E-state index is 0.692. The van der Waals surface area contributed by atoms with Gasteiger partial charge in [0.25, 0.3) is 0 Å². The summed E-state index contributed by atoms with van der Waals surface area (Å²) >= 11 is 2.06. The maximum Gasteiger partial charge on any atom is 0.0672 e. The van der Waals surface area contributed by atoms with Gasteiger partial charge in [-0.1, -0.05) is 19.1 Å². The maximum atomic E-state index is 5.41. The van der Waals surface area contributed by atoms with E-state index in [0.717, 1.165) is 24.0 Å². The highest BCUT2D eigenvalue weighted by Crippen LogP contribution is 2.25. The average Bonchev–Trinajstić information content (AvgIpc) is 2.50. The van der Waals surface area contributed by atoms with Crippen LogP contribution in [0.25, 0.3) is 0 Å². The molecule has 2 unspecified atom stereocenters. The van der Waals surface area contributed by atoms with E-state index in [9.17, 15) is 0 Å². The first-order valence-electron chi connectivity index (χ1n) is 5.25. The lowest BCUT2D eigenvalue weighted by Crippen LogP contribution is -2.32. The van der Waals surface area contributed by atoms with E-state index < -0.39 is 0 Å². The van der Waals surface area contributed by atoms with Crippen LogP contribution in [-0.2, 0) is 4.74 Å². The highest BCUT2D eigenvalue weighted by molar-refractivity contribution is 8.00. The molecule has 0 bridgehead atoms. The quantitative estimate of drug-likeness (QED) is 0.541. The molecule has 1 aliphatic heterocycles. The molecule has 1 aliphatic rings. The molecule has 0 saturated carbocycles. The Morgan fingerprint density at radius 3 is 3.00 bits per heavy atom. The van der Waals surface area contributed by atoms with Crippen molar-refractivity contribution in [1.82, 2.24) is 5.32 Å². The molecule has 0 amide bonds. The lowest BCUT2D eigenvalue weighted by molar-refractivity contribution is 0.156. The van der Waals surface area contributed by atoms with Gasteiger partial charge < -0.3 is 10.1 Å². The van der Waals surface area contributed by atoms with Crippen LogP contribution in [-0.4, -0.2) is 36.8 Å². The van der Waals surface area contributed by atoms with Gasteiger partial charge in [0, 0.05) is 23.6 Å². The molecule has 0 aromatic rings. The van der Waals surface area contributed by atoms with E-state index in [1.807, 2.05) is 6.92 Å². The predicted molar refractivity (Wildman–Crippen MR) is 64.0 cm³/mol. The minimum atomic E-state index is 0.692. The Bertz CT molecular complexity index is 184. The third kappa shape index (κ3) is 5.03. The van der Waals surface area contributed by atoms with Crippen molar-refractivity contribution in [2.45, 2.75) is 31.6 Å². The third-order valence-electron chi connectivity index (χ3n) is 2.23. The zero-order valence-corrected chi connectivity index (χ0v) is 10.0. The van der Waals surface area contributed by atoms with Crippen LogP contribution in [0, 0.1) is 0 Å². The van der Waals surface area contributed by atoms with E-state index in [2.05, 4.69) is 30.6 Å². The van der Waals surface area contributed by atoms with E-state index in [1.165, 1.54) is 12.2 Å². The summed E-state index contributed by atoms with van der Waals surface area (Å²) in [6.45, 7) is 10.5. The summed E-state index contributed by atoms with van der Waals surface area (Å²) in [7, 11) is 0. The molecule has 0 radical (unpaired) electrons. The van der Waals surface area contributed by atoms with Gasteiger partial charge in [-0.2, -0.15) is 11.8 Å². The molecule has 0 spiro atoms. The summed E-state index contributed by atoms with van der Waals surface area (Å²) in [6, 6.07) is 0.698. The number of hydrogen-bond acceptors (Lipinski definition) is 3. The molecule has 3 heteroatoms. The maximum absolute atomic E-state index is 5.41. The van der Waals surface area contributed by atoms with Crippen LogP contribution in [0.2, 0.25) is 0 Å². The lowest BCUT2D eigenvalue weighted by atomic mass is 10.2. The second kappa shape index (κ2) is 6.49. The smallest absolute Gasteiger partial charge is 0.0672 e. The van der Waals surface area contributed by atoms with Crippen LogP contribution in [0.5, 0.6) is 0 Å². The van der Waals surface area contributed by atoms with E-state index in [1.54, 1.807) is 0 Å². The topological polar surface area (TPSA) is 21.3 Å². The highest BCUT2D eigenvalue weighted by Gasteiger charge is 2.20. The normalized spacial score (nSPS) is 26.7. The molecule has 1 rings (SSSR count). The van der Waals surface area contributed by atoms with Gasteiger partial charge >= 0.3 is 0 Å². The SMILES string of the molecule is C=C(C)COCCNC1CSC(C)C1. The summed E-state index contributed by atoms with van der Waals surface area (Å²) in [6.07, 6.45) is 1.30. The number of thioether (sulfide) groups is 1. The number of hydrogen-bond donors (Lipinski definition) is 1. The second-order valence-electron chi connectivity index (χ2n) is 4.04. The first-order chi connectivity index (χ1) is 6.68. The van der Waals surface area contributed by atoms with Crippen molar-refractivity contribution < 1.29 is 4.74 Å². The number of rotatable bonds is 6. The molecule has 1 N–H and O–H groups in total. The average molecular weight is 215 g/mol. The van der Waals surface area contributed by atoms with E-state index in [0.29, 0.717) is 12.6 Å². The molecule has 2 atom stereocenters. The largest absolute Gasteiger partial charge is 0.376 e. The summed E-state index contributed by atoms with van der Waals surface area (Å²) in [5.74, 6) is 1.25. The van der Waals surface area contributed by atoms with Crippen molar-refractivity contribution in [3.8, 4) is 0 Å². The molecule has 1 saturated heterocycles. The Hall–Kier alpha value is 0.0100. The van der Waals surface area contributed by atoms with Crippen LogP contribution in [0.15, 0.2) is 12.2 Å². The molecular weight excluding hydrogens is 194 g/mol. The molecule has 0 aromatic heterocycles. The Kier molecular flexibility index (Phi) is 5.60. The van der Waals surface area contributed by atoms with E-state index in [-0.39, 0.29) is 0 Å². The minimum Gasteiger partial charge on any atom is -0.376 e. The van der Waals surface area contributed by atoms with Crippen LogP contribution < -0.4 is 5.32 Å².